The smallest absolute Gasteiger partial charge is 0.269 e. The molecule has 0 spiro atoms. The molecular formula is C13H18N4O. The fourth-order valence-corrected chi connectivity index (χ4v) is 3.22. The van der Waals surface area contributed by atoms with Crippen LogP contribution >= 0.6 is 0 Å². The number of amides is 1. The maximum Gasteiger partial charge on any atom is 0.269 e. The van der Waals surface area contributed by atoms with E-state index in [1.165, 1.54) is 25.7 Å². The molecule has 2 fully saturated rings. The zero-order chi connectivity index (χ0) is 12.5. The highest BCUT2D eigenvalue weighted by molar-refractivity contribution is 5.90. The van der Waals surface area contributed by atoms with Crippen molar-refractivity contribution in [1.29, 1.82) is 0 Å². The number of anilines is 1. The predicted molar refractivity (Wildman–Crippen MR) is 68.2 cm³/mol. The van der Waals surface area contributed by atoms with Crippen molar-refractivity contribution in [2.75, 3.05) is 18.0 Å². The lowest BCUT2D eigenvalue weighted by Crippen LogP contribution is -2.22. The van der Waals surface area contributed by atoms with Crippen LogP contribution in [0.15, 0.2) is 12.1 Å². The first-order valence-electron chi connectivity index (χ1n) is 6.62. The van der Waals surface area contributed by atoms with Gasteiger partial charge in [-0.1, -0.05) is 12.8 Å². The Hall–Kier alpha value is -1.65. The van der Waals surface area contributed by atoms with Crippen molar-refractivity contribution in [3.63, 3.8) is 0 Å². The number of aromatic nitrogens is 2. The topological polar surface area (TPSA) is 72.1 Å². The summed E-state index contributed by atoms with van der Waals surface area (Å²) >= 11 is 0. The normalized spacial score (nSPS) is 27.0. The third-order valence-corrected chi connectivity index (χ3v) is 4.20. The van der Waals surface area contributed by atoms with Gasteiger partial charge in [-0.15, -0.1) is 10.2 Å². The Kier molecular flexibility index (Phi) is 2.89. The van der Waals surface area contributed by atoms with Gasteiger partial charge in [-0.3, -0.25) is 4.79 Å². The van der Waals surface area contributed by atoms with Crippen LogP contribution in [-0.4, -0.2) is 29.2 Å². The highest BCUT2D eigenvalue weighted by Crippen LogP contribution is 2.37. The molecule has 1 aromatic rings. The van der Waals surface area contributed by atoms with Crippen molar-refractivity contribution in [1.82, 2.24) is 10.2 Å². The molecule has 0 unspecified atom stereocenters. The van der Waals surface area contributed by atoms with Gasteiger partial charge in [0.15, 0.2) is 11.5 Å². The van der Waals surface area contributed by atoms with E-state index >= 15 is 0 Å². The van der Waals surface area contributed by atoms with Crippen molar-refractivity contribution in [2.24, 2.45) is 17.6 Å². The summed E-state index contributed by atoms with van der Waals surface area (Å²) < 4.78 is 0. The summed E-state index contributed by atoms with van der Waals surface area (Å²) in [5.74, 6) is 1.98. The number of nitrogens with two attached hydrogens (primary N) is 1. The predicted octanol–water partition coefficient (Wildman–Crippen LogP) is 1.20. The molecule has 2 aliphatic rings. The fraction of sp³-hybridized carbons (Fsp3) is 0.615. The van der Waals surface area contributed by atoms with Crippen LogP contribution in [0.5, 0.6) is 0 Å². The van der Waals surface area contributed by atoms with E-state index in [1.807, 2.05) is 6.07 Å². The maximum atomic E-state index is 10.9. The second-order valence-electron chi connectivity index (χ2n) is 5.35. The molecular weight excluding hydrogens is 228 g/mol. The first kappa shape index (κ1) is 11.4. The first-order chi connectivity index (χ1) is 8.74. The molecule has 0 aromatic carbocycles. The molecule has 2 N–H and O–H groups in total. The van der Waals surface area contributed by atoms with Gasteiger partial charge >= 0.3 is 0 Å². The number of hydrogen-bond acceptors (Lipinski definition) is 4. The van der Waals surface area contributed by atoms with E-state index in [0.29, 0.717) is 0 Å². The highest BCUT2D eigenvalue weighted by atomic mass is 16.1. The monoisotopic (exact) mass is 246 g/mol. The summed E-state index contributed by atoms with van der Waals surface area (Å²) in [5, 5.41) is 7.99. The molecule has 1 aromatic heterocycles. The molecule has 1 saturated heterocycles. The second-order valence-corrected chi connectivity index (χ2v) is 5.35. The van der Waals surface area contributed by atoms with Gasteiger partial charge in [0.2, 0.25) is 0 Å². The SMILES string of the molecule is NC(=O)c1ccc(N2C[C@@H]3CCCC[C@H]3C2)nn1. The second kappa shape index (κ2) is 4.55. The van der Waals surface area contributed by atoms with Gasteiger partial charge in [0.1, 0.15) is 0 Å². The van der Waals surface area contributed by atoms with Crippen LogP contribution in [0, 0.1) is 11.8 Å². The lowest BCUT2D eigenvalue weighted by molar-refractivity contribution is 0.0994. The van der Waals surface area contributed by atoms with Crippen molar-refractivity contribution in [3.8, 4) is 0 Å². The standard InChI is InChI=1S/C13H18N4O/c14-13(18)11-5-6-12(16-15-11)17-7-9-3-1-2-4-10(9)8-17/h5-6,9-10H,1-4,7-8H2,(H2,14,18)/t9-,10-/m0/s1. The fourth-order valence-electron chi connectivity index (χ4n) is 3.22. The summed E-state index contributed by atoms with van der Waals surface area (Å²) in [6, 6.07) is 3.51. The minimum Gasteiger partial charge on any atom is -0.364 e. The maximum absolute atomic E-state index is 10.9. The Morgan fingerprint density at radius 1 is 1.17 bits per heavy atom. The summed E-state index contributed by atoms with van der Waals surface area (Å²) in [5.41, 5.74) is 5.39. The summed E-state index contributed by atoms with van der Waals surface area (Å²) in [6.45, 7) is 2.16. The Morgan fingerprint density at radius 2 is 1.83 bits per heavy atom. The van der Waals surface area contributed by atoms with Crippen LogP contribution < -0.4 is 10.6 Å². The number of nitrogens with zero attached hydrogens (tertiary/aromatic N) is 3. The van der Waals surface area contributed by atoms with Crippen LogP contribution in [0.4, 0.5) is 5.82 Å². The molecule has 1 amide bonds. The lowest BCUT2D eigenvalue weighted by Gasteiger charge is -2.22. The van der Waals surface area contributed by atoms with E-state index < -0.39 is 5.91 Å². The highest BCUT2D eigenvalue weighted by Gasteiger charge is 2.34. The van der Waals surface area contributed by atoms with Gasteiger partial charge in [0.25, 0.3) is 5.91 Å². The van der Waals surface area contributed by atoms with E-state index in [-0.39, 0.29) is 5.69 Å². The molecule has 3 rings (SSSR count). The van der Waals surface area contributed by atoms with Crippen molar-refractivity contribution in [2.45, 2.75) is 25.7 Å². The molecule has 0 radical (unpaired) electrons. The van der Waals surface area contributed by atoms with Gasteiger partial charge in [-0.25, -0.2) is 0 Å². The van der Waals surface area contributed by atoms with Gasteiger partial charge in [-0.2, -0.15) is 0 Å². The Bertz CT molecular complexity index is 431. The van der Waals surface area contributed by atoms with E-state index in [1.54, 1.807) is 6.07 Å². The molecule has 5 nitrogen and oxygen atoms in total. The van der Waals surface area contributed by atoms with E-state index in [0.717, 1.165) is 30.7 Å². The molecule has 0 bridgehead atoms. The average Bonchev–Trinajstić information content (AvgIpc) is 2.82. The summed E-state index contributed by atoms with van der Waals surface area (Å²) in [7, 11) is 0. The van der Waals surface area contributed by atoms with Crippen molar-refractivity contribution < 1.29 is 4.79 Å². The Balaban J connectivity index is 1.73. The van der Waals surface area contributed by atoms with E-state index in [9.17, 15) is 4.79 Å². The molecule has 5 heteroatoms. The first-order valence-corrected chi connectivity index (χ1v) is 6.62. The van der Waals surface area contributed by atoms with Crippen LogP contribution in [0.3, 0.4) is 0 Å². The zero-order valence-corrected chi connectivity index (χ0v) is 10.4. The minimum absolute atomic E-state index is 0.232. The van der Waals surface area contributed by atoms with E-state index in [2.05, 4.69) is 15.1 Å². The number of rotatable bonds is 2. The third kappa shape index (κ3) is 2.05. The third-order valence-electron chi connectivity index (χ3n) is 4.20. The molecule has 18 heavy (non-hydrogen) atoms. The number of carbonyl (C=O) groups is 1. The average molecular weight is 246 g/mol. The van der Waals surface area contributed by atoms with Gasteiger partial charge < -0.3 is 10.6 Å². The summed E-state index contributed by atoms with van der Waals surface area (Å²) in [6.07, 6.45) is 5.41. The molecule has 96 valence electrons. The summed E-state index contributed by atoms with van der Waals surface area (Å²) in [4.78, 5) is 13.2. The van der Waals surface area contributed by atoms with Crippen LogP contribution in [-0.2, 0) is 0 Å². The van der Waals surface area contributed by atoms with E-state index in [4.69, 9.17) is 5.73 Å². The molecule has 2 atom stereocenters. The minimum atomic E-state index is -0.524. The zero-order valence-electron chi connectivity index (χ0n) is 10.4. The molecule has 2 heterocycles. The Labute approximate surface area is 106 Å². The van der Waals surface area contributed by atoms with Crippen LogP contribution in [0.25, 0.3) is 0 Å². The van der Waals surface area contributed by atoms with Crippen molar-refractivity contribution >= 4 is 11.7 Å². The Morgan fingerprint density at radius 3 is 2.33 bits per heavy atom. The van der Waals surface area contributed by atoms with Gasteiger partial charge in [-0.05, 0) is 36.8 Å². The quantitative estimate of drug-likeness (QED) is 0.851. The van der Waals surface area contributed by atoms with Crippen LogP contribution in [0.2, 0.25) is 0 Å². The molecule has 1 aliphatic heterocycles. The number of fused-ring (bicyclic) bond motifs is 1. The molecule has 1 saturated carbocycles. The number of primary amides is 1. The van der Waals surface area contributed by atoms with Crippen molar-refractivity contribution in [3.05, 3.63) is 17.8 Å². The lowest BCUT2D eigenvalue weighted by atomic mass is 9.82. The number of hydrogen-bond donors (Lipinski definition) is 1. The van der Waals surface area contributed by atoms with Gasteiger partial charge in [0, 0.05) is 13.1 Å². The van der Waals surface area contributed by atoms with Crippen LogP contribution in [0.1, 0.15) is 36.2 Å². The van der Waals surface area contributed by atoms with Gasteiger partial charge in [0.05, 0.1) is 0 Å². The largest absolute Gasteiger partial charge is 0.364 e. The molecule has 1 aliphatic carbocycles. The number of carbonyl (C=O) groups excluding carboxylic acids is 1.